The Labute approximate surface area is 214 Å². The molecule has 0 aromatic heterocycles. The summed E-state index contributed by atoms with van der Waals surface area (Å²) in [7, 11) is 0. The second kappa shape index (κ2) is 12.7. The maximum absolute atomic E-state index is 11.7. The summed E-state index contributed by atoms with van der Waals surface area (Å²) < 4.78 is 5.69. The number of amides is 2. The second-order valence-electron chi connectivity index (χ2n) is 10.7. The Morgan fingerprint density at radius 2 is 1.72 bits per heavy atom. The molecule has 4 N–H and O–H groups in total. The molecule has 0 unspecified atom stereocenters. The third-order valence-corrected chi connectivity index (χ3v) is 6.13. The number of anilines is 1. The predicted molar refractivity (Wildman–Crippen MR) is 142 cm³/mol. The molecule has 0 spiro atoms. The topological polar surface area (TPSA) is 108 Å². The van der Waals surface area contributed by atoms with Gasteiger partial charge in [-0.15, -0.1) is 0 Å². The van der Waals surface area contributed by atoms with Crippen molar-refractivity contribution in [3.8, 4) is 11.5 Å². The molecule has 36 heavy (non-hydrogen) atoms. The van der Waals surface area contributed by atoms with Crippen LogP contribution in [0.1, 0.15) is 38.3 Å². The van der Waals surface area contributed by atoms with E-state index < -0.39 is 0 Å². The Bertz CT molecular complexity index is 1020. The monoisotopic (exact) mass is 496 g/mol. The first-order valence-corrected chi connectivity index (χ1v) is 12.6. The van der Waals surface area contributed by atoms with Crippen molar-refractivity contribution in [2.45, 2.75) is 40.0 Å². The highest BCUT2D eigenvalue weighted by atomic mass is 16.5. The van der Waals surface area contributed by atoms with E-state index >= 15 is 0 Å². The van der Waals surface area contributed by atoms with E-state index in [0.717, 1.165) is 44.7 Å². The highest BCUT2D eigenvalue weighted by Gasteiger charge is 2.22. The van der Waals surface area contributed by atoms with E-state index in [-0.39, 0.29) is 29.6 Å². The summed E-state index contributed by atoms with van der Waals surface area (Å²) >= 11 is 0. The van der Waals surface area contributed by atoms with Crippen LogP contribution in [0.3, 0.4) is 0 Å². The minimum Gasteiger partial charge on any atom is -0.508 e. The third kappa shape index (κ3) is 9.17. The maximum Gasteiger partial charge on any atom is 0.262 e. The van der Waals surface area contributed by atoms with Gasteiger partial charge >= 0.3 is 0 Å². The number of phenols is 1. The fourth-order valence-corrected chi connectivity index (χ4v) is 4.48. The SMILES string of the molecule is CC(C)(C)CN(CCc1cc(O)cc2c1OCC(=O)N2)CCN(CCC(N)=O)CCc1ccccc1. The number of hydrogen-bond acceptors (Lipinski definition) is 6. The van der Waals surface area contributed by atoms with E-state index in [4.69, 9.17) is 10.5 Å². The van der Waals surface area contributed by atoms with Crippen LogP contribution in [-0.2, 0) is 22.4 Å². The fraction of sp³-hybridized carbons (Fsp3) is 0.500. The van der Waals surface area contributed by atoms with Crippen LogP contribution in [0.2, 0.25) is 0 Å². The van der Waals surface area contributed by atoms with Crippen LogP contribution < -0.4 is 15.8 Å². The summed E-state index contributed by atoms with van der Waals surface area (Å²) in [5.41, 5.74) is 8.21. The molecule has 0 saturated heterocycles. The number of ether oxygens (including phenoxy) is 1. The molecule has 0 fully saturated rings. The Morgan fingerprint density at radius 1 is 1.03 bits per heavy atom. The van der Waals surface area contributed by atoms with Crippen LogP contribution in [0, 0.1) is 5.41 Å². The summed E-state index contributed by atoms with van der Waals surface area (Å²) in [5.74, 6) is 0.233. The number of aromatic hydroxyl groups is 1. The number of carbonyl (C=O) groups is 2. The molecule has 0 saturated carbocycles. The number of benzene rings is 2. The zero-order valence-electron chi connectivity index (χ0n) is 21.8. The van der Waals surface area contributed by atoms with Gasteiger partial charge in [-0.3, -0.25) is 9.59 Å². The number of nitrogens with zero attached hydrogens (tertiary/aromatic N) is 2. The smallest absolute Gasteiger partial charge is 0.262 e. The van der Waals surface area contributed by atoms with E-state index in [1.165, 1.54) is 11.6 Å². The molecule has 0 atom stereocenters. The van der Waals surface area contributed by atoms with Gasteiger partial charge in [0.2, 0.25) is 5.91 Å². The molecular formula is C28H40N4O4. The molecule has 0 aliphatic carbocycles. The van der Waals surface area contributed by atoms with Crippen LogP contribution in [0.25, 0.3) is 0 Å². The minimum absolute atomic E-state index is 0.0211. The number of hydrogen-bond donors (Lipinski definition) is 3. The van der Waals surface area contributed by atoms with Gasteiger partial charge in [0.1, 0.15) is 11.5 Å². The molecular weight excluding hydrogens is 456 g/mol. The summed E-state index contributed by atoms with van der Waals surface area (Å²) in [6, 6.07) is 13.6. The molecule has 1 heterocycles. The lowest BCUT2D eigenvalue weighted by Crippen LogP contribution is -2.41. The van der Waals surface area contributed by atoms with E-state index in [2.05, 4.69) is 48.0 Å². The number of rotatable bonds is 13. The summed E-state index contributed by atoms with van der Waals surface area (Å²) in [6.07, 6.45) is 1.93. The van der Waals surface area contributed by atoms with Crippen LogP contribution in [0.4, 0.5) is 5.69 Å². The van der Waals surface area contributed by atoms with E-state index in [1.54, 1.807) is 6.07 Å². The van der Waals surface area contributed by atoms with Gasteiger partial charge in [0.25, 0.3) is 5.91 Å². The lowest BCUT2D eigenvalue weighted by molar-refractivity contribution is -0.119. The summed E-state index contributed by atoms with van der Waals surface area (Å²) in [5, 5.41) is 13.0. The molecule has 1 aliphatic heterocycles. The summed E-state index contributed by atoms with van der Waals surface area (Å²) in [4.78, 5) is 27.9. The van der Waals surface area contributed by atoms with Crippen molar-refractivity contribution in [3.63, 3.8) is 0 Å². The van der Waals surface area contributed by atoms with E-state index in [9.17, 15) is 14.7 Å². The number of nitrogens with one attached hydrogen (secondary N) is 1. The number of primary amides is 1. The molecule has 0 bridgehead atoms. The number of phenolic OH excluding ortho intramolecular Hbond substituents is 1. The van der Waals surface area contributed by atoms with Crippen LogP contribution in [0.15, 0.2) is 42.5 Å². The zero-order valence-corrected chi connectivity index (χ0v) is 21.8. The zero-order chi connectivity index (χ0) is 26.1. The molecule has 196 valence electrons. The van der Waals surface area contributed by atoms with Gasteiger partial charge in [-0.2, -0.15) is 0 Å². The maximum atomic E-state index is 11.7. The Morgan fingerprint density at radius 3 is 2.42 bits per heavy atom. The van der Waals surface area contributed by atoms with Gasteiger partial charge in [-0.1, -0.05) is 51.1 Å². The normalized spacial score (nSPS) is 13.4. The first-order valence-electron chi connectivity index (χ1n) is 12.6. The van der Waals surface area contributed by atoms with Gasteiger partial charge in [0.05, 0.1) is 5.69 Å². The Hall–Kier alpha value is -3.10. The van der Waals surface area contributed by atoms with Crippen molar-refractivity contribution >= 4 is 17.5 Å². The van der Waals surface area contributed by atoms with Gasteiger partial charge in [-0.25, -0.2) is 0 Å². The first kappa shape index (κ1) is 27.5. The van der Waals surface area contributed by atoms with Gasteiger partial charge in [-0.05, 0) is 29.9 Å². The van der Waals surface area contributed by atoms with Crippen LogP contribution in [-0.4, -0.2) is 72.6 Å². The number of carbonyl (C=O) groups excluding carboxylic acids is 2. The van der Waals surface area contributed by atoms with Crippen molar-refractivity contribution in [1.29, 1.82) is 0 Å². The summed E-state index contributed by atoms with van der Waals surface area (Å²) in [6.45, 7) is 11.4. The highest BCUT2D eigenvalue weighted by Crippen LogP contribution is 2.36. The standard InChI is InChI=1S/C28H40N4O4/c1-28(2,3)20-32(13-10-22-17-23(33)18-24-27(22)36-19-26(35)30-24)16-15-31(14-11-25(29)34)12-9-21-7-5-4-6-8-21/h4-8,17-18,33H,9-16,19-20H2,1-3H3,(H2,29,34)(H,30,35). The van der Waals surface area contributed by atoms with Crippen molar-refractivity contribution in [2.75, 3.05) is 51.2 Å². The van der Waals surface area contributed by atoms with Crippen LogP contribution in [0.5, 0.6) is 11.5 Å². The predicted octanol–water partition coefficient (Wildman–Crippen LogP) is 3.03. The molecule has 3 rings (SSSR count). The number of fused-ring (bicyclic) bond motifs is 1. The highest BCUT2D eigenvalue weighted by molar-refractivity contribution is 5.96. The Balaban J connectivity index is 1.66. The van der Waals surface area contributed by atoms with E-state index in [1.807, 2.05) is 18.2 Å². The Kier molecular flexibility index (Phi) is 9.73. The molecule has 2 aromatic rings. The average molecular weight is 497 g/mol. The first-order chi connectivity index (χ1) is 17.1. The third-order valence-electron chi connectivity index (χ3n) is 6.13. The minimum atomic E-state index is -0.285. The quantitative estimate of drug-likeness (QED) is 0.393. The molecule has 2 amide bonds. The molecule has 2 aromatic carbocycles. The largest absolute Gasteiger partial charge is 0.508 e. The molecule has 0 radical (unpaired) electrons. The van der Waals surface area contributed by atoms with Gasteiger partial charge < -0.3 is 30.7 Å². The van der Waals surface area contributed by atoms with Crippen molar-refractivity contribution < 1.29 is 19.4 Å². The number of nitrogens with two attached hydrogens (primary N) is 1. The molecule has 1 aliphatic rings. The molecule has 8 heteroatoms. The average Bonchev–Trinajstić information content (AvgIpc) is 2.80. The fourth-order valence-electron chi connectivity index (χ4n) is 4.48. The van der Waals surface area contributed by atoms with Crippen molar-refractivity contribution in [3.05, 3.63) is 53.6 Å². The lowest BCUT2D eigenvalue weighted by atomic mass is 9.95. The second-order valence-corrected chi connectivity index (χ2v) is 10.7. The van der Waals surface area contributed by atoms with E-state index in [0.29, 0.717) is 30.8 Å². The van der Waals surface area contributed by atoms with Gasteiger partial charge in [0.15, 0.2) is 6.61 Å². The van der Waals surface area contributed by atoms with Crippen molar-refractivity contribution in [1.82, 2.24) is 9.80 Å². The van der Waals surface area contributed by atoms with Crippen molar-refractivity contribution in [2.24, 2.45) is 11.1 Å². The van der Waals surface area contributed by atoms with Gasteiger partial charge in [0, 0.05) is 57.3 Å². The van der Waals surface area contributed by atoms with Crippen LogP contribution >= 0.6 is 0 Å². The molecule has 8 nitrogen and oxygen atoms in total. The lowest BCUT2D eigenvalue weighted by Gasteiger charge is -2.32.